The number of urea groups is 1. The minimum Gasteiger partial charge on any atom is -0.336 e. The molecule has 2 rings (SSSR count). The maximum absolute atomic E-state index is 12.7. The van der Waals surface area contributed by atoms with Gasteiger partial charge in [0.05, 0.1) is 12.0 Å². The van der Waals surface area contributed by atoms with Crippen molar-refractivity contribution in [3.63, 3.8) is 0 Å². The summed E-state index contributed by atoms with van der Waals surface area (Å²) in [5.41, 5.74) is -0.612. The summed E-state index contributed by atoms with van der Waals surface area (Å²) in [6, 6.07) is 2.29. The van der Waals surface area contributed by atoms with Crippen LogP contribution in [0.3, 0.4) is 0 Å². The van der Waals surface area contributed by atoms with Crippen LogP contribution in [-0.4, -0.2) is 53.5 Å². The molecule has 122 valence electrons. The molecular weight excluding hydrogens is 280 g/mol. The molecule has 3 amide bonds. The Kier molecular flexibility index (Phi) is 4.94. The Morgan fingerprint density at radius 3 is 2.55 bits per heavy atom. The van der Waals surface area contributed by atoms with Crippen molar-refractivity contribution >= 4 is 11.9 Å². The van der Waals surface area contributed by atoms with Gasteiger partial charge in [-0.1, -0.05) is 0 Å². The number of nitrogens with one attached hydrogen (secondary N) is 1. The normalized spacial score (nSPS) is 23.4. The minimum atomic E-state index is -0.612. The molecule has 0 aromatic heterocycles. The third kappa shape index (κ3) is 3.18. The molecule has 0 radical (unpaired) electrons. The number of likely N-dealkylation sites (tertiary alicyclic amines) is 1. The van der Waals surface area contributed by atoms with Crippen molar-refractivity contribution in [1.82, 2.24) is 15.1 Å². The lowest BCUT2D eigenvalue weighted by atomic mass is 9.76. The zero-order valence-electron chi connectivity index (χ0n) is 13.8. The maximum Gasteiger partial charge on any atom is 0.317 e. The Morgan fingerprint density at radius 2 is 2.05 bits per heavy atom. The minimum absolute atomic E-state index is 0.00305. The summed E-state index contributed by atoms with van der Waals surface area (Å²) in [7, 11) is 1.73. The fourth-order valence-corrected chi connectivity index (χ4v) is 3.22. The fraction of sp³-hybridized carbons (Fsp3) is 0.812. The van der Waals surface area contributed by atoms with Crippen LogP contribution in [0, 0.1) is 17.2 Å². The molecule has 1 aliphatic carbocycles. The topological polar surface area (TPSA) is 76.4 Å². The van der Waals surface area contributed by atoms with Crippen LogP contribution in [0.25, 0.3) is 0 Å². The molecule has 0 aromatic rings. The first-order valence-electron chi connectivity index (χ1n) is 8.14. The summed E-state index contributed by atoms with van der Waals surface area (Å²) in [6.07, 6.45) is 4.14. The molecule has 1 saturated heterocycles. The molecule has 22 heavy (non-hydrogen) atoms. The Hall–Kier alpha value is -1.77. The van der Waals surface area contributed by atoms with Gasteiger partial charge in [0.15, 0.2) is 0 Å². The zero-order valence-corrected chi connectivity index (χ0v) is 13.8. The first-order valence-corrected chi connectivity index (χ1v) is 8.14. The SMILES string of the molecule is CC(C)NC(=O)N1CCCC(C(=O)N(C)C2(C#N)CCC2)C1. The molecule has 1 atom stereocenters. The lowest BCUT2D eigenvalue weighted by Crippen LogP contribution is -2.57. The van der Waals surface area contributed by atoms with E-state index in [1.807, 2.05) is 13.8 Å². The van der Waals surface area contributed by atoms with Crippen molar-refractivity contribution in [3.05, 3.63) is 0 Å². The van der Waals surface area contributed by atoms with Crippen molar-refractivity contribution in [2.24, 2.45) is 5.92 Å². The van der Waals surface area contributed by atoms with E-state index in [4.69, 9.17) is 0 Å². The van der Waals surface area contributed by atoms with Crippen molar-refractivity contribution in [1.29, 1.82) is 5.26 Å². The molecule has 6 nitrogen and oxygen atoms in total. The van der Waals surface area contributed by atoms with Gasteiger partial charge in [-0.25, -0.2) is 4.79 Å². The second-order valence-electron chi connectivity index (χ2n) is 6.78. The molecular formula is C16H26N4O2. The van der Waals surface area contributed by atoms with Crippen molar-refractivity contribution in [3.8, 4) is 6.07 Å². The average Bonchev–Trinajstić information content (AvgIpc) is 2.45. The van der Waals surface area contributed by atoms with Gasteiger partial charge < -0.3 is 15.1 Å². The predicted molar refractivity (Wildman–Crippen MR) is 82.9 cm³/mol. The van der Waals surface area contributed by atoms with E-state index in [1.54, 1.807) is 16.8 Å². The highest BCUT2D eigenvalue weighted by Gasteiger charge is 2.45. The molecule has 2 fully saturated rings. The number of nitriles is 1. The second kappa shape index (κ2) is 6.55. The summed E-state index contributed by atoms with van der Waals surface area (Å²) in [4.78, 5) is 28.2. The highest BCUT2D eigenvalue weighted by Crippen LogP contribution is 2.37. The van der Waals surface area contributed by atoms with Gasteiger partial charge in [0.25, 0.3) is 0 Å². The molecule has 6 heteroatoms. The quantitative estimate of drug-likeness (QED) is 0.862. The van der Waals surface area contributed by atoms with E-state index >= 15 is 0 Å². The molecule has 0 spiro atoms. The molecule has 0 bridgehead atoms. The summed E-state index contributed by atoms with van der Waals surface area (Å²) in [5.74, 6) is -0.189. The number of hydrogen-bond donors (Lipinski definition) is 1. The van der Waals surface area contributed by atoms with E-state index < -0.39 is 5.54 Å². The van der Waals surface area contributed by atoms with Crippen molar-refractivity contribution in [2.75, 3.05) is 20.1 Å². The molecule has 1 heterocycles. The zero-order chi connectivity index (χ0) is 16.3. The van der Waals surface area contributed by atoms with E-state index in [0.717, 1.165) is 32.1 Å². The Labute approximate surface area is 132 Å². The number of carbonyl (C=O) groups is 2. The summed E-state index contributed by atoms with van der Waals surface area (Å²) < 4.78 is 0. The highest BCUT2D eigenvalue weighted by molar-refractivity contribution is 5.82. The van der Waals surface area contributed by atoms with Gasteiger partial charge in [0.2, 0.25) is 5.91 Å². The summed E-state index contributed by atoms with van der Waals surface area (Å²) in [6.45, 7) is 4.98. The Balaban J connectivity index is 1.98. The van der Waals surface area contributed by atoms with Gasteiger partial charge in [0.1, 0.15) is 5.54 Å². The van der Waals surface area contributed by atoms with Gasteiger partial charge in [-0.05, 0) is 46.0 Å². The van der Waals surface area contributed by atoms with E-state index in [-0.39, 0.29) is 23.9 Å². The van der Waals surface area contributed by atoms with Crippen LogP contribution in [0.5, 0.6) is 0 Å². The fourth-order valence-electron chi connectivity index (χ4n) is 3.22. The van der Waals surface area contributed by atoms with Crippen LogP contribution in [0.2, 0.25) is 0 Å². The Bertz CT molecular complexity index is 479. The van der Waals surface area contributed by atoms with E-state index in [1.165, 1.54) is 0 Å². The third-order valence-electron chi connectivity index (χ3n) is 4.83. The van der Waals surface area contributed by atoms with Gasteiger partial charge in [-0.2, -0.15) is 5.26 Å². The van der Waals surface area contributed by atoms with Crippen LogP contribution >= 0.6 is 0 Å². The lowest BCUT2D eigenvalue weighted by Gasteiger charge is -2.45. The highest BCUT2D eigenvalue weighted by atomic mass is 16.2. The number of rotatable bonds is 3. The number of hydrogen-bond acceptors (Lipinski definition) is 3. The van der Waals surface area contributed by atoms with Gasteiger partial charge >= 0.3 is 6.03 Å². The second-order valence-corrected chi connectivity index (χ2v) is 6.78. The molecule has 0 aromatic carbocycles. The van der Waals surface area contributed by atoms with Crippen LogP contribution in [0.4, 0.5) is 4.79 Å². The van der Waals surface area contributed by atoms with Gasteiger partial charge in [-0.3, -0.25) is 4.79 Å². The van der Waals surface area contributed by atoms with Crippen molar-refractivity contribution < 1.29 is 9.59 Å². The largest absolute Gasteiger partial charge is 0.336 e. The third-order valence-corrected chi connectivity index (χ3v) is 4.83. The van der Waals surface area contributed by atoms with E-state index in [0.29, 0.717) is 13.1 Å². The molecule has 1 unspecified atom stereocenters. The first kappa shape index (κ1) is 16.6. The van der Waals surface area contributed by atoms with Gasteiger partial charge in [-0.15, -0.1) is 0 Å². The lowest BCUT2D eigenvalue weighted by molar-refractivity contribution is -0.142. The number of nitrogens with zero attached hydrogens (tertiary/aromatic N) is 3. The van der Waals surface area contributed by atoms with Crippen LogP contribution in [0.15, 0.2) is 0 Å². The molecule has 1 N–H and O–H groups in total. The number of carbonyl (C=O) groups excluding carboxylic acids is 2. The van der Waals surface area contributed by atoms with Crippen molar-refractivity contribution in [2.45, 2.75) is 57.5 Å². The van der Waals surface area contributed by atoms with E-state index in [9.17, 15) is 14.9 Å². The van der Waals surface area contributed by atoms with Crippen LogP contribution < -0.4 is 5.32 Å². The van der Waals surface area contributed by atoms with Crippen LogP contribution in [-0.2, 0) is 4.79 Å². The van der Waals surface area contributed by atoms with Gasteiger partial charge in [0, 0.05) is 26.2 Å². The van der Waals surface area contributed by atoms with E-state index in [2.05, 4.69) is 11.4 Å². The number of amides is 3. The monoisotopic (exact) mass is 306 g/mol. The Morgan fingerprint density at radius 1 is 1.36 bits per heavy atom. The van der Waals surface area contributed by atoms with Crippen LogP contribution in [0.1, 0.15) is 46.0 Å². The standard InChI is InChI=1S/C16H26N4O2/c1-12(2)18-15(22)20-9-4-6-13(10-20)14(21)19(3)16(11-17)7-5-8-16/h12-13H,4-10H2,1-3H3,(H,18,22). The first-order chi connectivity index (χ1) is 10.4. The molecule has 2 aliphatic rings. The predicted octanol–water partition coefficient (Wildman–Crippen LogP) is 1.72. The summed E-state index contributed by atoms with van der Waals surface area (Å²) in [5, 5.41) is 12.2. The maximum atomic E-state index is 12.7. The molecule has 1 saturated carbocycles. The average molecular weight is 306 g/mol. The summed E-state index contributed by atoms with van der Waals surface area (Å²) >= 11 is 0. The number of piperidine rings is 1. The smallest absolute Gasteiger partial charge is 0.317 e. The molecule has 1 aliphatic heterocycles.